The maximum atomic E-state index is 13.2. The molecule has 4 rings (SSSR count). The third kappa shape index (κ3) is 3.88. The maximum absolute atomic E-state index is 13.2. The lowest BCUT2D eigenvalue weighted by Crippen LogP contribution is -2.29. The van der Waals surface area contributed by atoms with Crippen molar-refractivity contribution in [2.75, 3.05) is 18.1 Å². The third-order valence-electron chi connectivity index (χ3n) is 4.11. The van der Waals surface area contributed by atoms with E-state index in [1.54, 1.807) is 17.0 Å². The number of rotatable bonds is 3. The molecule has 0 radical (unpaired) electrons. The Labute approximate surface area is 173 Å². The van der Waals surface area contributed by atoms with Gasteiger partial charge in [-0.2, -0.15) is 0 Å². The van der Waals surface area contributed by atoms with Crippen molar-refractivity contribution in [2.24, 2.45) is 4.99 Å². The van der Waals surface area contributed by atoms with E-state index in [9.17, 15) is 4.79 Å². The van der Waals surface area contributed by atoms with Crippen LogP contribution in [-0.2, 0) is 4.79 Å². The molecule has 1 amide bonds. The summed E-state index contributed by atoms with van der Waals surface area (Å²) in [5, 5.41) is 1.22. The maximum Gasteiger partial charge on any atom is 0.271 e. The van der Waals surface area contributed by atoms with Gasteiger partial charge in [-0.05, 0) is 67.6 Å². The highest BCUT2D eigenvalue weighted by Gasteiger charge is 2.35. The van der Waals surface area contributed by atoms with Crippen LogP contribution in [0.2, 0.25) is 5.02 Å². The van der Waals surface area contributed by atoms with Crippen molar-refractivity contribution < 1.29 is 14.3 Å². The second-order valence-corrected chi connectivity index (χ2v) is 8.09. The minimum atomic E-state index is -0.124. The van der Waals surface area contributed by atoms with Crippen molar-refractivity contribution in [2.45, 2.75) is 19.9 Å². The van der Waals surface area contributed by atoms with E-state index in [1.165, 1.54) is 11.8 Å². The fourth-order valence-electron chi connectivity index (χ4n) is 2.92. The highest BCUT2D eigenvalue weighted by Crippen LogP contribution is 2.38. The van der Waals surface area contributed by atoms with Gasteiger partial charge in [0.15, 0.2) is 16.7 Å². The first-order chi connectivity index (χ1) is 13.5. The van der Waals surface area contributed by atoms with Crippen LogP contribution >= 0.6 is 23.4 Å². The Morgan fingerprint density at radius 1 is 1.14 bits per heavy atom. The molecule has 0 bridgehead atoms. The zero-order valence-electron chi connectivity index (χ0n) is 15.5. The fraction of sp³-hybridized carbons (Fsp3) is 0.238. The molecule has 0 spiro atoms. The second-order valence-electron chi connectivity index (χ2n) is 6.64. The first kappa shape index (κ1) is 18.9. The Bertz CT molecular complexity index is 987. The van der Waals surface area contributed by atoms with E-state index in [2.05, 4.69) is 4.99 Å². The minimum Gasteiger partial charge on any atom is -0.486 e. The zero-order chi connectivity index (χ0) is 19.7. The van der Waals surface area contributed by atoms with Gasteiger partial charge in [-0.3, -0.25) is 14.7 Å². The molecule has 0 unspecified atom stereocenters. The number of anilines is 1. The molecule has 1 saturated heterocycles. The minimum absolute atomic E-state index is 0.0608. The number of benzene rings is 2. The van der Waals surface area contributed by atoms with Gasteiger partial charge in [-0.25, -0.2) is 0 Å². The van der Waals surface area contributed by atoms with E-state index < -0.39 is 0 Å². The van der Waals surface area contributed by atoms with Gasteiger partial charge in [0.25, 0.3) is 5.91 Å². The van der Waals surface area contributed by atoms with Crippen molar-refractivity contribution in [1.29, 1.82) is 0 Å². The second kappa shape index (κ2) is 7.89. The Balaban J connectivity index is 1.71. The van der Waals surface area contributed by atoms with Gasteiger partial charge in [0.1, 0.15) is 13.2 Å². The standard InChI is InChI=1S/C21H19ClN2O3S/c1-13(2)23-21-24(16-5-3-4-15(22)12-16)20(25)19(28-21)11-14-6-7-17-18(10-14)27-9-8-26-17/h3-7,10-13H,8-9H2,1-2H3/b19-11-,23-21?. The lowest BCUT2D eigenvalue weighted by Gasteiger charge is -2.18. The Morgan fingerprint density at radius 2 is 1.93 bits per heavy atom. The summed E-state index contributed by atoms with van der Waals surface area (Å²) in [7, 11) is 0. The van der Waals surface area contributed by atoms with Gasteiger partial charge in [0.2, 0.25) is 0 Å². The molecule has 0 aromatic heterocycles. The van der Waals surface area contributed by atoms with E-state index in [1.807, 2.05) is 50.3 Å². The van der Waals surface area contributed by atoms with Crippen molar-refractivity contribution >= 4 is 46.2 Å². The Hall–Kier alpha value is -2.44. The number of thioether (sulfide) groups is 1. The zero-order valence-corrected chi connectivity index (χ0v) is 17.1. The average molecular weight is 415 g/mol. The van der Waals surface area contributed by atoms with Gasteiger partial charge < -0.3 is 9.47 Å². The predicted molar refractivity (Wildman–Crippen MR) is 115 cm³/mol. The Morgan fingerprint density at radius 3 is 2.68 bits per heavy atom. The predicted octanol–water partition coefficient (Wildman–Crippen LogP) is 5.00. The van der Waals surface area contributed by atoms with Crippen LogP contribution in [0.4, 0.5) is 5.69 Å². The molecule has 0 aliphatic carbocycles. The number of carbonyl (C=O) groups is 1. The topological polar surface area (TPSA) is 51.1 Å². The molecule has 2 heterocycles. The number of fused-ring (bicyclic) bond motifs is 1. The summed E-state index contributed by atoms with van der Waals surface area (Å²) in [5.74, 6) is 1.29. The molecule has 7 heteroatoms. The molecule has 2 aliphatic heterocycles. The summed E-state index contributed by atoms with van der Waals surface area (Å²) in [5.41, 5.74) is 1.58. The van der Waals surface area contributed by atoms with Crippen LogP contribution in [0.5, 0.6) is 11.5 Å². The fourth-order valence-corrected chi connectivity index (χ4v) is 4.22. The quantitative estimate of drug-likeness (QED) is 0.663. The number of ether oxygens (including phenoxy) is 2. The van der Waals surface area contributed by atoms with Gasteiger partial charge in [-0.15, -0.1) is 0 Å². The van der Waals surface area contributed by atoms with Crippen LogP contribution in [0, 0.1) is 0 Å². The lowest BCUT2D eigenvalue weighted by molar-refractivity contribution is -0.113. The van der Waals surface area contributed by atoms with Crippen molar-refractivity contribution in [3.8, 4) is 11.5 Å². The normalized spacial score (nSPS) is 19.1. The van der Waals surface area contributed by atoms with E-state index in [-0.39, 0.29) is 11.9 Å². The number of aliphatic imine (C=N–C) groups is 1. The molecule has 0 atom stereocenters. The van der Waals surface area contributed by atoms with Crippen LogP contribution in [0.3, 0.4) is 0 Å². The van der Waals surface area contributed by atoms with E-state index in [0.29, 0.717) is 39.7 Å². The smallest absolute Gasteiger partial charge is 0.271 e. The largest absolute Gasteiger partial charge is 0.486 e. The summed E-state index contributed by atoms with van der Waals surface area (Å²) < 4.78 is 11.2. The molecule has 28 heavy (non-hydrogen) atoms. The number of hydrogen-bond donors (Lipinski definition) is 0. The monoisotopic (exact) mass is 414 g/mol. The Kier molecular flexibility index (Phi) is 5.33. The van der Waals surface area contributed by atoms with Crippen LogP contribution in [0.15, 0.2) is 52.4 Å². The van der Waals surface area contributed by atoms with E-state index >= 15 is 0 Å². The first-order valence-electron chi connectivity index (χ1n) is 8.98. The molecule has 2 aromatic rings. The molecular weight excluding hydrogens is 396 g/mol. The first-order valence-corrected chi connectivity index (χ1v) is 10.2. The summed E-state index contributed by atoms with van der Waals surface area (Å²) in [4.78, 5) is 20.0. The highest BCUT2D eigenvalue weighted by molar-refractivity contribution is 8.19. The lowest BCUT2D eigenvalue weighted by atomic mass is 10.1. The van der Waals surface area contributed by atoms with Gasteiger partial charge in [-0.1, -0.05) is 23.7 Å². The number of halogens is 1. The molecule has 0 saturated carbocycles. The highest BCUT2D eigenvalue weighted by atomic mass is 35.5. The van der Waals surface area contributed by atoms with E-state index in [0.717, 1.165) is 11.3 Å². The van der Waals surface area contributed by atoms with Crippen LogP contribution in [-0.4, -0.2) is 30.3 Å². The molecule has 2 aromatic carbocycles. The summed E-state index contributed by atoms with van der Waals surface area (Å²) >= 11 is 7.49. The number of amides is 1. The van der Waals surface area contributed by atoms with Crippen molar-refractivity contribution in [3.63, 3.8) is 0 Å². The van der Waals surface area contributed by atoms with Crippen LogP contribution < -0.4 is 14.4 Å². The molecule has 0 N–H and O–H groups in total. The van der Waals surface area contributed by atoms with Gasteiger partial charge in [0, 0.05) is 11.1 Å². The van der Waals surface area contributed by atoms with Crippen LogP contribution in [0.1, 0.15) is 19.4 Å². The average Bonchev–Trinajstić information content (AvgIpc) is 2.96. The van der Waals surface area contributed by atoms with Crippen molar-refractivity contribution in [1.82, 2.24) is 0 Å². The molecule has 2 aliphatic rings. The summed E-state index contributed by atoms with van der Waals surface area (Å²) in [6.45, 7) is 5.03. The SMILES string of the molecule is CC(C)N=C1S/C(=C\c2ccc3c(c2)OCCO3)C(=O)N1c1cccc(Cl)c1. The summed E-state index contributed by atoms with van der Waals surface area (Å²) in [6.07, 6.45) is 1.85. The third-order valence-corrected chi connectivity index (χ3v) is 5.32. The number of hydrogen-bond acceptors (Lipinski definition) is 5. The molecule has 5 nitrogen and oxygen atoms in total. The number of nitrogens with zero attached hydrogens (tertiary/aromatic N) is 2. The van der Waals surface area contributed by atoms with Crippen LogP contribution in [0.25, 0.3) is 6.08 Å². The molecular formula is C21H19ClN2O3S. The number of carbonyl (C=O) groups excluding carboxylic acids is 1. The summed E-state index contributed by atoms with van der Waals surface area (Å²) in [6, 6.07) is 12.9. The molecule has 1 fully saturated rings. The number of amidine groups is 1. The van der Waals surface area contributed by atoms with Gasteiger partial charge >= 0.3 is 0 Å². The molecule has 144 valence electrons. The van der Waals surface area contributed by atoms with Gasteiger partial charge in [0.05, 0.1) is 10.6 Å². The van der Waals surface area contributed by atoms with E-state index in [4.69, 9.17) is 21.1 Å². The van der Waals surface area contributed by atoms with Crippen molar-refractivity contribution in [3.05, 3.63) is 58.0 Å².